The van der Waals surface area contributed by atoms with Gasteiger partial charge >= 0.3 is 0 Å². The van der Waals surface area contributed by atoms with Crippen LogP contribution in [-0.2, 0) is 6.42 Å². The largest absolute Gasteiger partial charge is 0.386 e. The smallest absolute Gasteiger partial charge is 0.0994 e. The number of hydrogen-bond acceptors (Lipinski definition) is 2. The minimum absolute atomic E-state index is 0.429. The first-order valence-corrected chi connectivity index (χ1v) is 5.52. The molecule has 0 bridgehead atoms. The summed E-state index contributed by atoms with van der Waals surface area (Å²) in [6.45, 7) is 0. The van der Waals surface area contributed by atoms with E-state index < -0.39 is 6.10 Å². The van der Waals surface area contributed by atoms with Gasteiger partial charge in [0, 0.05) is 16.5 Å². The predicted octanol–water partition coefficient (Wildman–Crippen LogP) is 2.99. The second kappa shape index (κ2) is 4.87. The number of nitrogens with zero attached hydrogens (tertiary/aromatic N) is 1. The lowest BCUT2D eigenvalue weighted by Gasteiger charge is -2.10. The van der Waals surface area contributed by atoms with Gasteiger partial charge in [-0.1, -0.05) is 29.3 Å². The van der Waals surface area contributed by atoms with Crippen molar-refractivity contribution in [2.75, 3.05) is 0 Å². The van der Waals surface area contributed by atoms with Gasteiger partial charge in [0.25, 0.3) is 0 Å². The van der Waals surface area contributed by atoms with E-state index in [0.29, 0.717) is 22.2 Å². The number of imidazole rings is 1. The Kier molecular flexibility index (Phi) is 3.49. The van der Waals surface area contributed by atoms with E-state index in [1.165, 1.54) is 6.33 Å². The molecule has 1 unspecified atom stereocenters. The molecule has 0 aliphatic rings. The molecule has 2 aromatic rings. The van der Waals surface area contributed by atoms with Gasteiger partial charge in [0.15, 0.2) is 0 Å². The summed E-state index contributed by atoms with van der Waals surface area (Å²) in [5, 5.41) is 11.0. The first-order chi connectivity index (χ1) is 7.66. The number of halogens is 2. The molecule has 84 valence electrons. The topological polar surface area (TPSA) is 48.9 Å². The third kappa shape index (κ3) is 2.55. The number of nitrogens with one attached hydrogen (secondary N) is 1. The Hall–Kier alpha value is -1.03. The average molecular weight is 257 g/mol. The Labute approximate surface area is 103 Å². The zero-order chi connectivity index (χ0) is 11.5. The van der Waals surface area contributed by atoms with E-state index in [9.17, 15) is 5.11 Å². The highest BCUT2D eigenvalue weighted by atomic mass is 35.5. The summed E-state index contributed by atoms with van der Waals surface area (Å²) in [6.07, 6.45) is 2.91. The number of aliphatic hydroxyl groups excluding tert-OH is 1. The first-order valence-electron chi connectivity index (χ1n) is 4.77. The number of benzene rings is 1. The lowest BCUT2D eigenvalue weighted by atomic mass is 10.1. The van der Waals surface area contributed by atoms with Crippen LogP contribution in [0, 0.1) is 0 Å². The Bertz CT molecular complexity index is 471. The molecule has 0 saturated heterocycles. The fourth-order valence-corrected chi connectivity index (χ4v) is 1.94. The van der Waals surface area contributed by atoms with Crippen LogP contribution < -0.4 is 0 Å². The Morgan fingerprint density at radius 1 is 1.38 bits per heavy atom. The molecule has 2 N–H and O–H groups in total. The van der Waals surface area contributed by atoms with Crippen molar-refractivity contribution in [2.45, 2.75) is 12.5 Å². The SMILES string of the molecule is OC(Cc1ccc(Cl)cc1Cl)c1cnc[nH]1. The van der Waals surface area contributed by atoms with Crippen LogP contribution in [0.2, 0.25) is 10.0 Å². The van der Waals surface area contributed by atoms with Gasteiger partial charge in [0.2, 0.25) is 0 Å². The van der Waals surface area contributed by atoms with Crippen molar-refractivity contribution in [3.8, 4) is 0 Å². The van der Waals surface area contributed by atoms with E-state index in [4.69, 9.17) is 23.2 Å². The Morgan fingerprint density at radius 3 is 2.81 bits per heavy atom. The predicted molar refractivity (Wildman–Crippen MR) is 63.7 cm³/mol. The van der Waals surface area contributed by atoms with Crippen LogP contribution >= 0.6 is 23.2 Å². The molecule has 2 rings (SSSR count). The molecular formula is C11H10Cl2N2O. The molecule has 1 heterocycles. The number of aliphatic hydroxyl groups is 1. The van der Waals surface area contributed by atoms with Crippen molar-refractivity contribution in [3.63, 3.8) is 0 Å². The normalized spacial score (nSPS) is 12.7. The van der Waals surface area contributed by atoms with Gasteiger partial charge in [-0.25, -0.2) is 4.98 Å². The summed E-state index contributed by atoms with van der Waals surface area (Å²) in [5.74, 6) is 0. The van der Waals surface area contributed by atoms with E-state index in [2.05, 4.69) is 9.97 Å². The van der Waals surface area contributed by atoms with E-state index in [1.807, 2.05) is 6.07 Å². The molecule has 1 aromatic heterocycles. The molecule has 0 saturated carbocycles. The maximum Gasteiger partial charge on any atom is 0.0994 e. The van der Waals surface area contributed by atoms with E-state index in [0.717, 1.165) is 5.56 Å². The lowest BCUT2D eigenvalue weighted by molar-refractivity contribution is 0.174. The fraction of sp³-hybridized carbons (Fsp3) is 0.182. The van der Waals surface area contributed by atoms with Gasteiger partial charge in [0.1, 0.15) is 0 Å². The maximum atomic E-state index is 9.89. The number of aromatic amines is 1. The summed E-state index contributed by atoms with van der Waals surface area (Å²) in [7, 11) is 0. The number of aromatic nitrogens is 2. The molecule has 0 aliphatic carbocycles. The summed E-state index contributed by atoms with van der Waals surface area (Å²) < 4.78 is 0. The molecule has 0 spiro atoms. The fourth-order valence-electron chi connectivity index (χ4n) is 1.45. The zero-order valence-corrected chi connectivity index (χ0v) is 9.83. The van der Waals surface area contributed by atoms with E-state index in [-0.39, 0.29) is 0 Å². The summed E-state index contributed by atoms with van der Waals surface area (Å²) in [4.78, 5) is 6.71. The second-order valence-electron chi connectivity index (χ2n) is 3.46. The zero-order valence-electron chi connectivity index (χ0n) is 8.32. The monoisotopic (exact) mass is 256 g/mol. The minimum Gasteiger partial charge on any atom is -0.386 e. The van der Waals surface area contributed by atoms with Crippen LogP contribution in [0.1, 0.15) is 17.4 Å². The van der Waals surface area contributed by atoms with Crippen molar-refractivity contribution < 1.29 is 5.11 Å². The van der Waals surface area contributed by atoms with Gasteiger partial charge < -0.3 is 10.1 Å². The van der Waals surface area contributed by atoms with Crippen molar-refractivity contribution >= 4 is 23.2 Å². The molecule has 1 aromatic carbocycles. The highest BCUT2D eigenvalue weighted by Gasteiger charge is 2.12. The third-order valence-corrected chi connectivity index (χ3v) is 2.89. The van der Waals surface area contributed by atoms with Crippen molar-refractivity contribution in [1.82, 2.24) is 9.97 Å². The Morgan fingerprint density at radius 2 is 2.19 bits per heavy atom. The summed E-state index contributed by atoms with van der Waals surface area (Å²) >= 11 is 11.8. The molecule has 16 heavy (non-hydrogen) atoms. The third-order valence-electron chi connectivity index (χ3n) is 2.31. The summed E-state index contributed by atoms with van der Waals surface area (Å²) in [6, 6.07) is 5.23. The van der Waals surface area contributed by atoms with Crippen LogP contribution in [0.3, 0.4) is 0 Å². The molecule has 0 amide bonds. The van der Waals surface area contributed by atoms with Crippen LogP contribution in [0.4, 0.5) is 0 Å². The van der Waals surface area contributed by atoms with Gasteiger partial charge in [0.05, 0.1) is 24.3 Å². The Balaban J connectivity index is 2.15. The van der Waals surface area contributed by atoms with Gasteiger partial charge in [-0.05, 0) is 17.7 Å². The summed E-state index contributed by atoms with van der Waals surface area (Å²) in [5.41, 5.74) is 1.53. The number of H-pyrrole nitrogens is 1. The minimum atomic E-state index is -0.638. The van der Waals surface area contributed by atoms with E-state index >= 15 is 0 Å². The van der Waals surface area contributed by atoms with Crippen molar-refractivity contribution in [1.29, 1.82) is 0 Å². The van der Waals surface area contributed by atoms with Crippen molar-refractivity contribution in [2.24, 2.45) is 0 Å². The molecule has 0 fully saturated rings. The molecule has 5 heteroatoms. The second-order valence-corrected chi connectivity index (χ2v) is 4.31. The maximum absolute atomic E-state index is 9.89. The van der Waals surface area contributed by atoms with Gasteiger partial charge in [-0.15, -0.1) is 0 Å². The van der Waals surface area contributed by atoms with Gasteiger partial charge in [-0.3, -0.25) is 0 Å². The standard InChI is InChI=1S/C11H10Cl2N2O/c12-8-2-1-7(9(13)4-8)3-11(16)10-5-14-6-15-10/h1-2,4-6,11,16H,3H2,(H,14,15). The van der Waals surface area contributed by atoms with Crippen LogP contribution in [0.5, 0.6) is 0 Å². The highest BCUT2D eigenvalue weighted by molar-refractivity contribution is 6.35. The number of rotatable bonds is 3. The van der Waals surface area contributed by atoms with Crippen LogP contribution in [0.15, 0.2) is 30.7 Å². The molecule has 0 radical (unpaired) electrons. The lowest BCUT2D eigenvalue weighted by Crippen LogP contribution is -2.02. The van der Waals surface area contributed by atoms with Crippen LogP contribution in [0.25, 0.3) is 0 Å². The quantitative estimate of drug-likeness (QED) is 0.887. The first kappa shape index (κ1) is 11.5. The molecule has 1 atom stereocenters. The number of hydrogen-bond donors (Lipinski definition) is 2. The van der Waals surface area contributed by atoms with Gasteiger partial charge in [-0.2, -0.15) is 0 Å². The van der Waals surface area contributed by atoms with Crippen molar-refractivity contribution in [3.05, 3.63) is 52.0 Å². The highest BCUT2D eigenvalue weighted by Crippen LogP contribution is 2.25. The van der Waals surface area contributed by atoms with E-state index in [1.54, 1.807) is 18.3 Å². The molecule has 0 aliphatic heterocycles. The average Bonchev–Trinajstić information content (AvgIpc) is 2.75. The molecule has 3 nitrogen and oxygen atoms in total. The molecular weight excluding hydrogens is 247 g/mol. The van der Waals surface area contributed by atoms with Crippen LogP contribution in [-0.4, -0.2) is 15.1 Å².